The molecule has 0 amide bonds. The third kappa shape index (κ3) is 3.21. The van der Waals surface area contributed by atoms with Gasteiger partial charge in [-0.1, -0.05) is 0 Å². The summed E-state index contributed by atoms with van der Waals surface area (Å²) in [5, 5.41) is 2.67. The highest BCUT2D eigenvalue weighted by molar-refractivity contribution is 5.79. The standard InChI is InChI=1S/C7H10F3NO/c8-7(9,10)4-5-3-6(12)1-2-11-5/h5,11H,1-4H2. The summed E-state index contributed by atoms with van der Waals surface area (Å²) in [4.78, 5) is 10.8. The first-order chi connectivity index (χ1) is 5.47. The van der Waals surface area contributed by atoms with E-state index in [1.54, 1.807) is 0 Å². The van der Waals surface area contributed by atoms with Crippen molar-refractivity contribution >= 4 is 5.78 Å². The predicted molar refractivity (Wildman–Crippen MR) is 36.7 cm³/mol. The minimum Gasteiger partial charge on any atom is -0.313 e. The lowest BCUT2D eigenvalue weighted by Crippen LogP contribution is -2.41. The van der Waals surface area contributed by atoms with Crippen molar-refractivity contribution in [3.05, 3.63) is 0 Å². The molecule has 12 heavy (non-hydrogen) atoms. The Morgan fingerprint density at radius 1 is 1.50 bits per heavy atom. The fraction of sp³-hybridized carbons (Fsp3) is 0.857. The molecule has 1 atom stereocenters. The predicted octanol–water partition coefficient (Wildman–Crippen LogP) is 1.26. The largest absolute Gasteiger partial charge is 0.390 e. The minimum absolute atomic E-state index is 0.0134. The number of Topliss-reactive ketones (excluding diaryl/α,β-unsaturated/α-hetero) is 1. The van der Waals surface area contributed by atoms with Crippen LogP contribution in [0.5, 0.6) is 0 Å². The molecule has 1 aliphatic rings. The van der Waals surface area contributed by atoms with Crippen molar-refractivity contribution in [3.63, 3.8) is 0 Å². The van der Waals surface area contributed by atoms with Crippen molar-refractivity contribution in [3.8, 4) is 0 Å². The fourth-order valence-corrected chi connectivity index (χ4v) is 1.29. The highest BCUT2D eigenvalue weighted by Gasteiger charge is 2.33. The molecule has 1 unspecified atom stereocenters. The van der Waals surface area contributed by atoms with Gasteiger partial charge in [0.2, 0.25) is 0 Å². The number of piperidine rings is 1. The van der Waals surface area contributed by atoms with Gasteiger partial charge in [0, 0.05) is 25.4 Å². The highest BCUT2D eigenvalue weighted by atomic mass is 19.4. The number of hydrogen-bond acceptors (Lipinski definition) is 2. The Hall–Kier alpha value is -0.580. The molecular weight excluding hydrogens is 171 g/mol. The molecule has 0 bridgehead atoms. The van der Waals surface area contributed by atoms with E-state index in [9.17, 15) is 18.0 Å². The van der Waals surface area contributed by atoms with Crippen LogP contribution in [0.25, 0.3) is 0 Å². The number of carbonyl (C=O) groups is 1. The van der Waals surface area contributed by atoms with E-state index in [-0.39, 0.29) is 12.2 Å². The van der Waals surface area contributed by atoms with Crippen molar-refractivity contribution in [1.82, 2.24) is 5.32 Å². The number of hydrogen-bond donors (Lipinski definition) is 1. The minimum atomic E-state index is -4.17. The smallest absolute Gasteiger partial charge is 0.313 e. The SMILES string of the molecule is O=C1CCNC(CC(F)(F)F)C1. The number of halogens is 3. The summed E-state index contributed by atoms with van der Waals surface area (Å²) >= 11 is 0. The number of nitrogens with one attached hydrogen (secondary N) is 1. The molecule has 0 saturated carbocycles. The zero-order chi connectivity index (χ0) is 9.19. The second kappa shape index (κ2) is 3.43. The van der Waals surface area contributed by atoms with Gasteiger partial charge in [-0.15, -0.1) is 0 Å². The lowest BCUT2D eigenvalue weighted by molar-refractivity contribution is -0.143. The zero-order valence-electron chi connectivity index (χ0n) is 6.45. The summed E-state index contributed by atoms with van der Waals surface area (Å²) in [6.07, 6.45) is -4.71. The van der Waals surface area contributed by atoms with Crippen LogP contribution in [0, 0.1) is 0 Å². The van der Waals surface area contributed by atoms with Crippen LogP contribution in [-0.2, 0) is 4.79 Å². The summed E-state index contributed by atoms with van der Waals surface area (Å²) in [5.41, 5.74) is 0. The van der Waals surface area contributed by atoms with Gasteiger partial charge in [-0.2, -0.15) is 13.2 Å². The number of alkyl halides is 3. The monoisotopic (exact) mass is 181 g/mol. The molecule has 0 radical (unpaired) electrons. The fourth-order valence-electron chi connectivity index (χ4n) is 1.29. The molecule has 1 aliphatic heterocycles. The number of carbonyl (C=O) groups excluding carboxylic acids is 1. The average molecular weight is 181 g/mol. The summed E-state index contributed by atoms with van der Waals surface area (Å²) in [6, 6.07) is -0.703. The zero-order valence-corrected chi connectivity index (χ0v) is 6.45. The quantitative estimate of drug-likeness (QED) is 0.659. The Kier molecular flexibility index (Phi) is 2.72. The maximum atomic E-state index is 11.8. The number of rotatable bonds is 1. The van der Waals surface area contributed by atoms with Gasteiger partial charge in [0.05, 0.1) is 6.42 Å². The molecule has 0 aromatic carbocycles. The molecule has 1 saturated heterocycles. The van der Waals surface area contributed by atoms with E-state index in [0.29, 0.717) is 13.0 Å². The molecule has 2 nitrogen and oxygen atoms in total. The Morgan fingerprint density at radius 3 is 2.67 bits per heavy atom. The summed E-state index contributed by atoms with van der Waals surface area (Å²) in [5.74, 6) is -0.0806. The van der Waals surface area contributed by atoms with E-state index in [1.165, 1.54) is 0 Å². The lowest BCUT2D eigenvalue weighted by Gasteiger charge is -2.23. The van der Waals surface area contributed by atoms with Crippen LogP contribution in [0.3, 0.4) is 0 Å². The Morgan fingerprint density at radius 2 is 2.17 bits per heavy atom. The van der Waals surface area contributed by atoms with Crippen LogP contribution < -0.4 is 5.32 Å². The van der Waals surface area contributed by atoms with Gasteiger partial charge in [-0.05, 0) is 0 Å². The molecule has 1 fully saturated rings. The van der Waals surface area contributed by atoms with Crippen molar-refractivity contribution in [2.24, 2.45) is 0 Å². The molecule has 1 N–H and O–H groups in total. The Bertz CT molecular complexity index is 178. The molecule has 0 spiro atoms. The number of ketones is 1. The Balaban J connectivity index is 2.37. The first-order valence-corrected chi connectivity index (χ1v) is 3.79. The van der Waals surface area contributed by atoms with E-state index >= 15 is 0 Å². The van der Waals surface area contributed by atoms with E-state index in [1.807, 2.05) is 0 Å². The van der Waals surface area contributed by atoms with Crippen LogP contribution in [0.1, 0.15) is 19.3 Å². The molecular formula is C7H10F3NO. The van der Waals surface area contributed by atoms with Crippen LogP contribution >= 0.6 is 0 Å². The van der Waals surface area contributed by atoms with E-state index in [2.05, 4.69) is 5.32 Å². The van der Waals surface area contributed by atoms with Gasteiger partial charge in [0.15, 0.2) is 0 Å². The van der Waals surface area contributed by atoms with Gasteiger partial charge >= 0.3 is 6.18 Å². The van der Waals surface area contributed by atoms with Crippen molar-refractivity contribution < 1.29 is 18.0 Å². The molecule has 70 valence electrons. The van der Waals surface area contributed by atoms with Crippen LogP contribution in [0.2, 0.25) is 0 Å². The lowest BCUT2D eigenvalue weighted by atomic mass is 10.0. The average Bonchev–Trinajstić information content (AvgIpc) is 1.82. The first-order valence-electron chi connectivity index (χ1n) is 3.79. The molecule has 1 heterocycles. The van der Waals surface area contributed by atoms with Crippen LogP contribution in [0.4, 0.5) is 13.2 Å². The van der Waals surface area contributed by atoms with Crippen LogP contribution in [-0.4, -0.2) is 24.5 Å². The second-order valence-electron chi connectivity index (χ2n) is 2.96. The molecule has 1 rings (SSSR count). The van der Waals surface area contributed by atoms with Gasteiger partial charge in [0.1, 0.15) is 5.78 Å². The molecule has 0 aromatic rings. The molecule has 0 aromatic heterocycles. The van der Waals surface area contributed by atoms with Crippen LogP contribution in [0.15, 0.2) is 0 Å². The third-order valence-corrected chi connectivity index (χ3v) is 1.79. The Labute approximate surface area is 68.1 Å². The summed E-state index contributed by atoms with van der Waals surface area (Å²) < 4.78 is 35.4. The van der Waals surface area contributed by atoms with Gasteiger partial charge < -0.3 is 5.32 Å². The normalized spacial score (nSPS) is 25.9. The van der Waals surface area contributed by atoms with Crippen molar-refractivity contribution in [1.29, 1.82) is 0 Å². The van der Waals surface area contributed by atoms with E-state index in [0.717, 1.165) is 0 Å². The molecule has 5 heteroatoms. The van der Waals surface area contributed by atoms with Gasteiger partial charge in [-0.3, -0.25) is 4.79 Å². The van der Waals surface area contributed by atoms with Crippen molar-refractivity contribution in [2.75, 3.05) is 6.54 Å². The third-order valence-electron chi connectivity index (χ3n) is 1.79. The molecule has 0 aliphatic carbocycles. The van der Waals surface area contributed by atoms with Crippen molar-refractivity contribution in [2.45, 2.75) is 31.5 Å². The van der Waals surface area contributed by atoms with E-state index < -0.39 is 18.6 Å². The topological polar surface area (TPSA) is 29.1 Å². The van der Waals surface area contributed by atoms with Gasteiger partial charge in [-0.25, -0.2) is 0 Å². The maximum Gasteiger partial charge on any atom is 0.390 e. The summed E-state index contributed by atoms with van der Waals surface area (Å²) in [6.45, 7) is 0.375. The van der Waals surface area contributed by atoms with E-state index in [4.69, 9.17) is 0 Å². The maximum absolute atomic E-state index is 11.8. The first kappa shape index (κ1) is 9.51. The summed E-state index contributed by atoms with van der Waals surface area (Å²) in [7, 11) is 0. The second-order valence-corrected chi connectivity index (χ2v) is 2.96. The highest BCUT2D eigenvalue weighted by Crippen LogP contribution is 2.23. The van der Waals surface area contributed by atoms with Gasteiger partial charge in [0.25, 0.3) is 0 Å².